The lowest BCUT2D eigenvalue weighted by Crippen LogP contribution is -2.53. The van der Waals surface area contributed by atoms with E-state index >= 15 is 0 Å². The van der Waals surface area contributed by atoms with E-state index in [-0.39, 0.29) is 29.3 Å². The molecule has 206 valence electrons. The molecule has 0 radical (unpaired) electrons. The summed E-state index contributed by atoms with van der Waals surface area (Å²) >= 11 is 0. The number of ether oxygens (including phenoxy) is 1. The first-order valence-electron chi connectivity index (χ1n) is 13.7. The predicted molar refractivity (Wildman–Crippen MR) is 152 cm³/mol. The zero-order valence-corrected chi connectivity index (χ0v) is 23.5. The van der Waals surface area contributed by atoms with Crippen LogP contribution in [0.4, 0.5) is 0 Å². The third-order valence-electron chi connectivity index (χ3n) is 7.96. The van der Waals surface area contributed by atoms with E-state index in [1.165, 1.54) is 15.4 Å². The van der Waals surface area contributed by atoms with Gasteiger partial charge in [0.2, 0.25) is 15.9 Å². The Morgan fingerprint density at radius 3 is 2.05 bits per heavy atom. The molecule has 1 atom stereocenters. The monoisotopic (exact) mass is 547 g/mol. The minimum atomic E-state index is -3.69. The van der Waals surface area contributed by atoms with Crippen LogP contribution in [-0.4, -0.2) is 74.8 Å². The van der Waals surface area contributed by atoms with Crippen molar-refractivity contribution in [2.24, 2.45) is 5.92 Å². The molecule has 7 nitrogen and oxygen atoms in total. The summed E-state index contributed by atoms with van der Waals surface area (Å²) in [7, 11) is -2.12. The first-order valence-corrected chi connectivity index (χ1v) is 15.1. The summed E-state index contributed by atoms with van der Waals surface area (Å²) in [6, 6.07) is 26.1. The number of sulfonamides is 1. The number of piperidine rings is 1. The van der Waals surface area contributed by atoms with E-state index in [1.54, 1.807) is 25.3 Å². The van der Waals surface area contributed by atoms with E-state index in [0.717, 1.165) is 18.7 Å². The summed E-state index contributed by atoms with van der Waals surface area (Å²) in [4.78, 5) is 18.2. The summed E-state index contributed by atoms with van der Waals surface area (Å²) in [5.41, 5.74) is 3.25. The van der Waals surface area contributed by atoms with Crippen LogP contribution in [0.5, 0.6) is 5.75 Å². The van der Waals surface area contributed by atoms with E-state index in [1.807, 2.05) is 24.0 Å². The normalized spacial score (nSPS) is 19.3. The van der Waals surface area contributed by atoms with Gasteiger partial charge < -0.3 is 9.64 Å². The molecule has 3 aromatic carbocycles. The van der Waals surface area contributed by atoms with Gasteiger partial charge in [-0.25, -0.2) is 8.42 Å². The molecule has 5 rings (SSSR count). The number of hydrogen-bond acceptors (Lipinski definition) is 5. The Hall–Kier alpha value is -3.20. The zero-order chi connectivity index (χ0) is 27.4. The average Bonchev–Trinajstić information content (AvgIpc) is 2.98. The highest BCUT2D eigenvalue weighted by Gasteiger charge is 2.37. The van der Waals surface area contributed by atoms with Crippen LogP contribution >= 0.6 is 0 Å². The molecule has 1 amide bonds. The second-order valence-electron chi connectivity index (χ2n) is 10.4. The maximum Gasteiger partial charge on any atom is 0.243 e. The minimum Gasteiger partial charge on any atom is -0.496 e. The SMILES string of the molecule is COc1ccc(S(=O)(=O)N2CCC[C@@H](C(=O)N3CCN(C(c4ccccc4)c4ccccc4)CC3)C2)cc1C. The first-order chi connectivity index (χ1) is 18.9. The topological polar surface area (TPSA) is 70.2 Å². The largest absolute Gasteiger partial charge is 0.496 e. The second kappa shape index (κ2) is 11.9. The molecule has 2 aliphatic heterocycles. The van der Waals surface area contributed by atoms with Crippen LogP contribution in [0.2, 0.25) is 0 Å². The van der Waals surface area contributed by atoms with Gasteiger partial charge in [-0.1, -0.05) is 60.7 Å². The van der Waals surface area contributed by atoms with Gasteiger partial charge in [0.25, 0.3) is 0 Å². The number of carbonyl (C=O) groups is 1. The van der Waals surface area contributed by atoms with Crippen molar-refractivity contribution in [1.82, 2.24) is 14.1 Å². The van der Waals surface area contributed by atoms with Gasteiger partial charge in [-0.05, 0) is 54.7 Å². The van der Waals surface area contributed by atoms with E-state index < -0.39 is 10.0 Å². The van der Waals surface area contributed by atoms with E-state index in [4.69, 9.17) is 4.74 Å². The fourth-order valence-electron chi connectivity index (χ4n) is 5.87. The number of benzene rings is 3. The van der Waals surface area contributed by atoms with Gasteiger partial charge in [0.05, 0.1) is 24.0 Å². The predicted octanol–water partition coefficient (Wildman–Crippen LogP) is 4.34. The number of hydrogen-bond donors (Lipinski definition) is 0. The van der Waals surface area contributed by atoms with Crippen LogP contribution in [0, 0.1) is 12.8 Å². The minimum absolute atomic E-state index is 0.0661. The zero-order valence-electron chi connectivity index (χ0n) is 22.7. The highest BCUT2D eigenvalue weighted by atomic mass is 32.2. The number of nitrogens with zero attached hydrogens (tertiary/aromatic N) is 3. The number of amides is 1. The molecule has 2 heterocycles. The smallest absolute Gasteiger partial charge is 0.243 e. The molecule has 0 aromatic heterocycles. The first kappa shape index (κ1) is 27.4. The van der Waals surface area contributed by atoms with Crippen LogP contribution in [-0.2, 0) is 14.8 Å². The van der Waals surface area contributed by atoms with Crippen molar-refractivity contribution < 1.29 is 17.9 Å². The van der Waals surface area contributed by atoms with Gasteiger partial charge in [-0.2, -0.15) is 4.31 Å². The fraction of sp³-hybridized carbons (Fsp3) is 0.387. The molecule has 0 N–H and O–H groups in total. The number of rotatable bonds is 7. The lowest BCUT2D eigenvalue weighted by Gasteiger charge is -2.41. The molecular formula is C31H37N3O4S. The molecule has 2 saturated heterocycles. The molecule has 0 spiro atoms. The van der Waals surface area contributed by atoms with Gasteiger partial charge in [-0.15, -0.1) is 0 Å². The Morgan fingerprint density at radius 1 is 0.872 bits per heavy atom. The average molecular weight is 548 g/mol. The Labute approximate surface area is 232 Å². The van der Waals surface area contributed by atoms with E-state index in [0.29, 0.717) is 38.2 Å². The van der Waals surface area contributed by atoms with Crippen molar-refractivity contribution in [3.63, 3.8) is 0 Å². The summed E-state index contributed by atoms with van der Waals surface area (Å²) in [6.45, 7) is 5.29. The van der Waals surface area contributed by atoms with Crippen molar-refractivity contribution in [2.45, 2.75) is 30.7 Å². The van der Waals surface area contributed by atoms with Crippen LogP contribution in [0.15, 0.2) is 83.8 Å². The Balaban J connectivity index is 1.25. The van der Waals surface area contributed by atoms with Crippen LogP contribution < -0.4 is 4.74 Å². The summed E-state index contributed by atoms with van der Waals surface area (Å²) < 4.78 is 33.6. The molecule has 3 aromatic rings. The number of piperazine rings is 1. The number of methoxy groups -OCH3 is 1. The lowest BCUT2D eigenvalue weighted by atomic mass is 9.95. The highest BCUT2D eigenvalue weighted by Crippen LogP contribution is 2.31. The molecule has 2 fully saturated rings. The molecule has 2 aliphatic rings. The van der Waals surface area contributed by atoms with Gasteiger partial charge in [-0.3, -0.25) is 9.69 Å². The Kier molecular flexibility index (Phi) is 8.35. The fourth-order valence-corrected chi connectivity index (χ4v) is 7.48. The van der Waals surface area contributed by atoms with E-state index in [2.05, 4.69) is 53.4 Å². The quantitative estimate of drug-likeness (QED) is 0.440. The second-order valence-corrected chi connectivity index (χ2v) is 12.4. The molecule has 39 heavy (non-hydrogen) atoms. The van der Waals surface area contributed by atoms with Crippen molar-refractivity contribution in [2.75, 3.05) is 46.4 Å². The molecule has 8 heteroatoms. The Bertz CT molecular complexity index is 1330. The molecule has 0 unspecified atom stereocenters. The maximum atomic E-state index is 13.6. The van der Waals surface area contributed by atoms with Crippen LogP contribution in [0.3, 0.4) is 0 Å². The maximum absolute atomic E-state index is 13.6. The van der Waals surface area contributed by atoms with Crippen molar-refractivity contribution in [1.29, 1.82) is 0 Å². The third-order valence-corrected chi connectivity index (χ3v) is 9.82. The van der Waals surface area contributed by atoms with Gasteiger partial charge >= 0.3 is 0 Å². The summed E-state index contributed by atoms with van der Waals surface area (Å²) in [5, 5.41) is 0. The van der Waals surface area contributed by atoms with Crippen molar-refractivity contribution in [3.8, 4) is 5.75 Å². The van der Waals surface area contributed by atoms with Crippen LogP contribution in [0.25, 0.3) is 0 Å². The number of aryl methyl sites for hydroxylation is 1. The highest BCUT2D eigenvalue weighted by molar-refractivity contribution is 7.89. The molecule has 0 bridgehead atoms. The molecule has 0 aliphatic carbocycles. The van der Waals surface area contributed by atoms with Gasteiger partial charge in [0.1, 0.15) is 5.75 Å². The number of carbonyl (C=O) groups excluding carboxylic acids is 1. The van der Waals surface area contributed by atoms with Gasteiger partial charge in [0, 0.05) is 39.3 Å². The van der Waals surface area contributed by atoms with Gasteiger partial charge in [0.15, 0.2) is 0 Å². The summed E-state index contributed by atoms with van der Waals surface area (Å²) in [5.74, 6) is 0.399. The third kappa shape index (κ3) is 5.88. The molecule has 0 saturated carbocycles. The lowest BCUT2D eigenvalue weighted by molar-refractivity contribution is -0.138. The molecular weight excluding hydrogens is 510 g/mol. The Morgan fingerprint density at radius 2 is 1.49 bits per heavy atom. The van der Waals surface area contributed by atoms with Crippen LogP contribution in [0.1, 0.15) is 35.6 Å². The van der Waals surface area contributed by atoms with E-state index in [9.17, 15) is 13.2 Å². The van der Waals surface area contributed by atoms with Crippen molar-refractivity contribution in [3.05, 3.63) is 95.6 Å². The standard InChI is InChI=1S/C31H37N3O4S/c1-24-22-28(15-16-29(24)38-2)39(36,37)34-17-9-14-27(23-34)31(35)33-20-18-32(19-21-33)30(25-10-5-3-6-11-25)26-12-7-4-8-13-26/h3-8,10-13,15-16,22,27,30H,9,14,17-21,23H2,1-2H3/t27-/m1/s1. The summed E-state index contributed by atoms with van der Waals surface area (Å²) in [6.07, 6.45) is 1.39. The van der Waals surface area contributed by atoms with Crippen molar-refractivity contribution >= 4 is 15.9 Å².